The van der Waals surface area contributed by atoms with Crippen molar-refractivity contribution < 1.29 is 9.18 Å². The predicted molar refractivity (Wildman–Crippen MR) is 74.9 cm³/mol. The maximum Gasteiger partial charge on any atom is 0.241 e. The molecule has 1 atom stereocenters. The quantitative estimate of drug-likeness (QED) is 0.924. The molecule has 1 fully saturated rings. The van der Waals surface area contributed by atoms with Gasteiger partial charge < -0.3 is 5.32 Å². The monoisotopic (exact) mass is 284 g/mol. The summed E-state index contributed by atoms with van der Waals surface area (Å²) in [6.07, 6.45) is 3.45. The Kier molecular flexibility index (Phi) is 4.77. The van der Waals surface area contributed by atoms with Gasteiger partial charge in [0.15, 0.2) is 0 Å². The van der Waals surface area contributed by atoms with Crippen LogP contribution in [0, 0.1) is 5.82 Å². The molecule has 1 aliphatic rings. The van der Waals surface area contributed by atoms with Crippen LogP contribution in [0.3, 0.4) is 0 Å². The fourth-order valence-corrected chi connectivity index (χ4v) is 2.46. The second-order valence-corrected chi connectivity index (χ2v) is 5.32. The third kappa shape index (κ3) is 3.67. The Labute approximate surface area is 117 Å². The zero-order chi connectivity index (χ0) is 13.8. The highest BCUT2D eigenvalue weighted by Crippen LogP contribution is 2.20. The molecule has 3 nitrogen and oxygen atoms in total. The molecule has 1 aromatic carbocycles. The van der Waals surface area contributed by atoms with Gasteiger partial charge in [-0.3, -0.25) is 9.69 Å². The summed E-state index contributed by atoms with van der Waals surface area (Å²) in [4.78, 5) is 14.2. The highest BCUT2D eigenvalue weighted by atomic mass is 35.5. The Morgan fingerprint density at radius 3 is 2.68 bits per heavy atom. The van der Waals surface area contributed by atoms with Crippen molar-refractivity contribution in [3.05, 3.63) is 29.0 Å². The molecule has 1 heterocycles. The predicted octanol–water partition coefficient (Wildman–Crippen LogP) is 3.29. The number of nitrogens with one attached hydrogen (secondary N) is 1. The van der Waals surface area contributed by atoms with Gasteiger partial charge in [-0.05, 0) is 51.1 Å². The largest absolute Gasteiger partial charge is 0.322 e. The van der Waals surface area contributed by atoms with Gasteiger partial charge in [0.1, 0.15) is 5.82 Å². The Bertz CT molecular complexity index is 461. The zero-order valence-electron chi connectivity index (χ0n) is 11.0. The molecule has 0 saturated carbocycles. The van der Waals surface area contributed by atoms with Crippen LogP contribution in [0.5, 0.6) is 0 Å². The van der Waals surface area contributed by atoms with Crippen LogP contribution in [0.15, 0.2) is 18.2 Å². The third-order valence-corrected chi connectivity index (χ3v) is 3.74. The number of carbonyl (C=O) groups excluding carboxylic acids is 1. The Hall–Kier alpha value is -1.13. The number of carbonyl (C=O) groups is 1. The third-order valence-electron chi connectivity index (χ3n) is 3.51. The molecule has 5 heteroatoms. The van der Waals surface area contributed by atoms with Crippen LogP contribution in [0.25, 0.3) is 0 Å². The standard InChI is InChI=1S/C14H18ClFN2O/c1-10(18-7-3-2-4-8-18)14(19)17-13-6-5-11(15)9-12(13)16/h5-6,9-10H,2-4,7-8H2,1H3,(H,17,19)/t10-/m0/s1. The van der Waals surface area contributed by atoms with Crippen molar-refractivity contribution in [2.24, 2.45) is 0 Å². The van der Waals surface area contributed by atoms with Crippen molar-refractivity contribution in [1.82, 2.24) is 4.90 Å². The summed E-state index contributed by atoms with van der Waals surface area (Å²) in [5.74, 6) is -0.685. The molecule has 0 aromatic heterocycles. The Morgan fingerprint density at radius 1 is 1.37 bits per heavy atom. The van der Waals surface area contributed by atoms with Gasteiger partial charge in [-0.15, -0.1) is 0 Å². The van der Waals surface area contributed by atoms with Crippen molar-refractivity contribution in [2.75, 3.05) is 18.4 Å². The van der Waals surface area contributed by atoms with Crippen LogP contribution < -0.4 is 5.32 Å². The van der Waals surface area contributed by atoms with E-state index < -0.39 is 5.82 Å². The Morgan fingerprint density at radius 2 is 2.05 bits per heavy atom. The summed E-state index contributed by atoms with van der Waals surface area (Å²) < 4.78 is 13.6. The summed E-state index contributed by atoms with van der Waals surface area (Å²) in [5, 5.41) is 2.94. The summed E-state index contributed by atoms with van der Waals surface area (Å²) in [7, 11) is 0. The molecule has 1 aromatic rings. The van der Waals surface area contributed by atoms with Crippen LogP contribution in [-0.4, -0.2) is 29.9 Å². The van der Waals surface area contributed by atoms with Crippen LogP contribution in [0.1, 0.15) is 26.2 Å². The number of benzene rings is 1. The van der Waals surface area contributed by atoms with Gasteiger partial charge in [0, 0.05) is 5.02 Å². The first-order valence-electron chi connectivity index (χ1n) is 6.58. The number of anilines is 1. The van der Waals surface area contributed by atoms with Gasteiger partial charge in [0.25, 0.3) is 0 Å². The van der Waals surface area contributed by atoms with E-state index >= 15 is 0 Å². The molecular weight excluding hydrogens is 267 g/mol. The van der Waals surface area contributed by atoms with Gasteiger partial charge in [0.05, 0.1) is 11.7 Å². The van der Waals surface area contributed by atoms with E-state index in [0.29, 0.717) is 5.02 Å². The topological polar surface area (TPSA) is 32.3 Å². The average molecular weight is 285 g/mol. The van der Waals surface area contributed by atoms with Crippen LogP contribution in [0.2, 0.25) is 5.02 Å². The number of halogens is 2. The number of piperidine rings is 1. The molecule has 19 heavy (non-hydrogen) atoms. The van der Waals surface area contributed by atoms with Gasteiger partial charge in [0.2, 0.25) is 5.91 Å². The van der Waals surface area contributed by atoms with Crippen molar-refractivity contribution >= 4 is 23.2 Å². The van der Waals surface area contributed by atoms with E-state index in [1.54, 1.807) is 6.07 Å². The lowest BCUT2D eigenvalue weighted by Crippen LogP contribution is -2.44. The molecule has 0 unspecified atom stereocenters. The molecule has 0 bridgehead atoms. The van der Waals surface area contributed by atoms with E-state index in [1.807, 2.05) is 6.92 Å². The van der Waals surface area contributed by atoms with E-state index in [4.69, 9.17) is 11.6 Å². The second-order valence-electron chi connectivity index (χ2n) is 4.89. The fraction of sp³-hybridized carbons (Fsp3) is 0.500. The van der Waals surface area contributed by atoms with Crippen LogP contribution in [0.4, 0.5) is 10.1 Å². The fourth-order valence-electron chi connectivity index (χ4n) is 2.30. The number of likely N-dealkylation sites (tertiary alicyclic amines) is 1. The highest BCUT2D eigenvalue weighted by Gasteiger charge is 2.23. The second kappa shape index (κ2) is 6.35. The maximum atomic E-state index is 13.6. The SMILES string of the molecule is C[C@@H](C(=O)Nc1ccc(Cl)cc1F)N1CCCCC1. The normalized spacial score (nSPS) is 18.1. The molecule has 1 saturated heterocycles. The first-order valence-corrected chi connectivity index (χ1v) is 6.95. The minimum atomic E-state index is -0.508. The molecule has 1 amide bonds. The average Bonchev–Trinajstić information content (AvgIpc) is 2.42. The summed E-state index contributed by atoms with van der Waals surface area (Å²) in [6, 6.07) is 4.00. The van der Waals surface area contributed by atoms with Crippen molar-refractivity contribution in [1.29, 1.82) is 0 Å². The van der Waals surface area contributed by atoms with Crippen LogP contribution >= 0.6 is 11.6 Å². The van der Waals surface area contributed by atoms with E-state index in [1.165, 1.54) is 18.6 Å². The first-order chi connectivity index (χ1) is 9.08. The number of amides is 1. The van der Waals surface area contributed by atoms with Gasteiger partial charge >= 0.3 is 0 Å². The smallest absolute Gasteiger partial charge is 0.241 e. The van der Waals surface area contributed by atoms with Crippen LogP contribution in [-0.2, 0) is 4.79 Å². The number of hydrogen-bond donors (Lipinski definition) is 1. The summed E-state index contributed by atoms with van der Waals surface area (Å²) in [6.45, 7) is 3.71. The summed E-state index contributed by atoms with van der Waals surface area (Å²) >= 11 is 5.68. The molecule has 1 aliphatic heterocycles. The van der Waals surface area contributed by atoms with E-state index in [-0.39, 0.29) is 17.6 Å². The zero-order valence-corrected chi connectivity index (χ0v) is 11.7. The molecule has 1 N–H and O–H groups in total. The molecule has 2 rings (SSSR count). The van der Waals surface area contributed by atoms with Crippen molar-refractivity contribution in [3.63, 3.8) is 0 Å². The number of rotatable bonds is 3. The van der Waals surface area contributed by atoms with Gasteiger partial charge in [-0.1, -0.05) is 18.0 Å². The number of nitrogens with zero attached hydrogens (tertiary/aromatic N) is 1. The lowest BCUT2D eigenvalue weighted by atomic mass is 10.1. The van der Waals surface area contributed by atoms with Crippen molar-refractivity contribution in [2.45, 2.75) is 32.2 Å². The van der Waals surface area contributed by atoms with Gasteiger partial charge in [-0.25, -0.2) is 4.39 Å². The van der Waals surface area contributed by atoms with E-state index in [9.17, 15) is 9.18 Å². The van der Waals surface area contributed by atoms with Gasteiger partial charge in [-0.2, -0.15) is 0 Å². The number of hydrogen-bond acceptors (Lipinski definition) is 2. The minimum absolute atomic E-state index is 0.178. The first kappa shape index (κ1) is 14.3. The molecule has 0 aliphatic carbocycles. The van der Waals surface area contributed by atoms with E-state index in [0.717, 1.165) is 25.9 Å². The maximum absolute atomic E-state index is 13.6. The lowest BCUT2D eigenvalue weighted by molar-refractivity contribution is -0.121. The van der Waals surface area contributed by atoms with Crippen molar-refractivity contribution in [3.8, 4) is 0 Å². The molecule has 0 radical (unpaired) electrons. The molecule has 0 spiro atoms. The summed E-state index contributed by atoms with van der Waals surface area (Å²) in [5.41, 5.74) is 0.179. The molecule has 104 valence electrons. The minimum Gasteiger partial charge on any atom is -0.322 e. The van der Waals surface area contributed by atoms with E-state index in [2.05, 4.69) is 10.2 Å². The lowest BCUT2D eigenvalue weighted by Gasteiger charge is -2.31. The Balaban J connectivity index is 1.99. The molecular formula is C14H18ClFN2O. The highest BCUT2D eigenvalue weighted by molar-refractivity contribution is 6.30.